The average Bonchev–Trinajstić information content (AvgIpc) is 2.40. The summed E-state index contributed by atoms with van der Waals surface area (Å²) >= 11 is 0. The zero-order valence-electron chi connectivity index (χ0n) is 11.6. The maximum atomic E-state index is 13.7. The Morgan fingerprint density at radius 2 is 2.16 bits per heavy atom. The van der Waals surface area contributed by atoms with Crippen LogP contribution in [0.1, 0.15) is 32.8 Å². The van der Waals surface area contributed by atoms with Gasteiger partial charge in [-0.05, 0) is 26.3 Å². The van der Waals surface area contributed by atoms with E-state index in [1.54, 1.807) is 19.1 Å². The van der Waals surface area contributed by atoms with Crippen molar-refractivity contribution in [3.8, 4) is 5.75 Å². The Morgan fingerprint density at radius 3 is 2.74 bits per heavy atom. The van der Waals surface area contributed by atoms with Crippen LogP contribution in [0.3, 0.4) is 0 Å². The van der Waals surface area contributed by atoms with Crippen LogP contribution in [0.5, 0.6) is 5.75 Å². The fraction of sp³-hybridized carbons (Fsp3) is 0.500. The average molecular weight is 268 g/mol. The molecule has 1 aromatic carbocycles. The minimum absolute atomic E-state index is 0.0526. The number of carbonyl (C=O) groups is 1. The van der Waals surface area contributed by atoms with Crippen LogP contribution >= 0.6 is 0 Å². The summed E-state index contributed by atoms with van der Waals surface area (Å²) in [5.74, 6) is -0.719. The number of hydrogen-bond donors (Lipinski definition) is 2. The molecule has 1 amide bonds. The lowest BCUT2D eigenvalue weighted by molar-refractivity contribution is -0.128. The third kappa shape index (κ3) is 4.21. The van der Waals surface area contributed by atoms with Gasteiger partial charge in [-0.3, -0.25) is 4.79 Å². The molecule has 0 heterocycles. The molecule has 1 rings (SSSR count). The summed E-state index contributed by atoms with van der Waals surface area (Å²) in [5, 5.41) is 2.79. The predicted octanol–water partition coefficient (Wildman–Crippen LogP) is 1.97. The number of benzene rings is 1. The predicted molar refractivity (Wildman–Crippen MR) is 72.3 cm³/mol. The van der Waals surface area contributed by atoms with Gasteiger partial charge in [0.1, 0.15) is 0 Å². The number of para-hydroxylation sites is 1. The van der Waals surface area contributed by atoms with Crippen LogP contribution in [-0.4, -0.2) is 18.1 Å². The van der Waals surface area contributed by atoms with Crippen molar-refractivity contribution >= 4 is 5.91 Å². The second-order valence-electron chi connectivity index (χ2n) is 4.51. The maximum absolute atomic E-state index is 13.7. The first-order valence-electron chi connectivity index (χ1n) is 6.44. The van der Waals surface area contributed by atoms with E-state index < -0.39 is 11.9 Å². The quantitative estimate of drug-likeness (QED) is 0.829. The molecular formula is C14H21FN2O2. The molecule has 4 nitrogen and oxygen atoms in total. The van der Waals surface area contributed by atoms with Crippen LogP contribution in [0.4, 0.5) is 4.39 Å². The maximum Gasteiger partial charge on any atom is 0.260 e. The van der Waals surface area contributed by atoms with Crippen molar-refractivity contribution in [1.29, 1.82) is 0 Å². The van der Waals surface area contributed by atoms with Crippen molar-refractivity contribution in [3.05, 3.63) is 29.6 Å². The lowest BCUT2D eigenvalue weighted by Gasteiger charge is -2.19. The van der Waals surface area contributed by atoms with Gasteiger partial charge in [-0.25, -0.2) is 4.39 Å². The van der Waals surface area contributed by atoms with E-state index in [2.05, 4.69) is 5.32 Å². The fourth-order valence-electron chi connectivity index (χ4n) is 1.54. The lowest BCUT2D eigenvalue weighted by atomic mass is 10.2. The van der Waals surface area contributed by atoms with Gasteiger partial charge in [-0.15, -0.1) is 0 Å². The van der Waals surface area contributed by atoms with E-state index in [9.17, 15) is 9.18 Å². The van der Waals surface area contributed by atoms with Crippen molar-refractivity contribution in [2.75, 3.05) is 0 Å². The van der Waals surface area contributed by atoms with Gasteiger partial charge >= 0.3 is 0 Å². The van der Waals surface area contributed by atoms with E-state index >= 15 is 0 Å². The van der Waals surface area contributed by atoms with Crippen molar-refractivity contribution in [3.63, 3.8) is 0 Å². The summed E-state index contributed by atoms with van der Waals surface area (Å²) in [6.45, 7) is 5.62. The number of rotatable bonds is 6. The van der Waals surface area contributed by atoms with Gasteiger partial charge in [0, 0.05) is 18.2 Å². The Balaban J connectivity index is 2.76. The van der Waals surface area contributed by atoms with Crippen LogP contribution in [0.25, 0.3) is 0 Å². The summed E-state index contributed by atoms with van der Waals surface area (Å²) in [4.78, 5) is 11.8. The summed E-state index contributed by atoms with van der Waals surface area (Å²) in [6, 6.07) is 4.59. The third-order valence-electron chi connectivity index (χ3n) is 2.93. The molecule has 0 fully saturated rings. The number of hydrogen-bond acceptors (Lipinski definition) is 3. The first-order chi connectivity index (χ1) is 8.99. The van der Waals surface area contributed by atoms with E-state index in [-0.39, 0.29) is 24.2 Å². The fourth-order valence-corrected chi connectivity index (χ4v) is 1.54. The van der Waals surface area contributed by atoms with Crippen molar-refractivity contribution in [2.24, 2.45) is 5.73 Å². The summed E-state index contributed by atoms with van der Waals surface area (Å²) < 4.78 is 19.1. The molecule has 2 unspecified atom stereocenters. The molecule has 5 heteroatoms. The Morgan fingerprint density at radius 1 is 1.47 bits per heavy atom. The molecule has 0 aliphatic heterocycles. The molecule has 0 radical (unpaired) electrons. The van der Waals surface area contributed by atoms with Gasteiger partial charge in [-0.1, -0.05) is 19.1 Å². The largest absolute Gasteiger partial charge is 0.477 e. The molecular weight excluding hydrogens is 247 g/mol. The second-order valence-corrected chi connectivity index (χ2v) is 4.51. The van der Waals surface area contributed by atoms with Crippen LogP contribution in [0.15, 0.2) is 18.2 Å². The normalized spacial score (nSPS) is 13.7. The van der Waals surface area contributed by atoms with E-state index in [0.29, 0.717) is 5.56 Å². The Kier molecular flexibility index (Phi) is 5.76. The molecule has 106 valence electrons. The minimum atomic E-state index is -0.767. The molecule has 0 saturated heterocycles. The summed E-state index contributed by atoms with van der Waals surface area (Å²) in [5.41, 5.74) is 6.07. The van der Waals surface area contributed by atoms with Gasteiger partial charge in [0.2, 0.25) is 0 Å². The van der Waals surface area contributed by atoms with Gasteiger partial charge in [0.05, 0.1) is 0 Å². The smallest absolute Gasteiger partial charge is 0.260 e. The Hall–Kier alpha value is -1.62. The third-order valence-corrected chi connectivity index (χ3v) is 2.93. The SMILES string of the molecule is CCC(C)NC(=O)C(C)Oc1c(F)cccc1CN. The number of halogens is 1. The highest BCUT2D eigenvalue weighted by Crippen LogP contribution is 2.23. The molecule has 19 heavy (non-hydrogen) atoms. The second kappa shape index (κ2) is 7.09. The number of carbonyl (C=O) groups excluding carboxylic acids is 1. The van der Waals surface area contributed by atoms with Gasteiger partial charge < -0.3 is 15.8 Å². The number of nitrogens with one attached hydrogen (secondary N) is 1. The Bertz CT molecular complexity index is 437. The van der Waals surface area contributed by atoms with E-state index in [1.807, 2.05) is 13.8 Å². The topological polar surface area (TPSA) is 64.3 Å². The van der Waals surface area contributed by atoms with Crippen LogP contribution < -0.4 is 15.8 Å². The van der Waals surface area contributed by atoms with Gasteiger partial charge in [-0.2, -0.15) is 0 Å². The van der Waals surface area contributed by atoms with E-state index in [0.717, 1.165) is 6.42 Å². The first-order valence-corrected chi connectivity index (χ1v) is 6.44. The molecule has 0 saturated carbocycles. The van der Waals surface area contributed by atoms with Crippen molar-refractivity contribution in [2.45, 2.75) is 45.9 Å². The highest BCUT2D eigenvalue weighted by molar-refractivity contribution is 5.81. The first kappa shape index (κ1) is 15.4. The van der Waals surface area contributed by atoms with Crippen LogP contribution in [0, 0.1) is 5.82 Å². The van der Waals surface area contributed by atoms with Crippen LogP contribution in [-0.2, 0) is 11.3 Å². The number of nitrogens with two attached hydrogens (primary N) is 1. The molecule has 0 aliphatic carbocycles. The highest BCUT2D eigenvalue weighted by atomic mass is 19.1. The molecule has 3 N–H and O–H groups in total. The summed E-state index contributed by atoms with van der Waals surface area (Å²) in [6.07, 6.45) is 0.0582. The standard InChI is InChI=1S/C14H21FN2O2/c1-4-9(2)17-14(18)10(3)19-13-11(8-16)6-5-7-12(13)15/h5-7,9-10H,4,8,16H2,1-3H3,(H,17,18). The lowest BCUT2D eigenvalue weighted by Crippen LogP contribution is -2.41. The summed E-state index contributed by atoms with van der Waals surface area (Å²) in [7, 11) is 0. The van der Waals surface area contributed by atoms with Crippen LogP contribution in [0.2, 0.25) is 0 Å². The number of ether oxygens (including phenoxy) is 1. The molecule has 0 spiro atoms. The molecule has 2 atom stereocenters. The highest BCUT2D eigenvalue weighted by Gasteiger charge is 2.19. The van der Waals surface area contributed by atoms with Crippen molar-refractivity contribution < 1.29 is 13.9 Å². The molecule has 0 aromatic heterocycles. The monoisotopic (exact) mass is 268 g/mol. The van der Waals surface area contributed by atoms with E-state index in [4.69, 9.17) is 10.5 Å². The number of amides is 1. The molecule has 1 aromatic rings. The zero-order valence-corrected chi connectivity index (χ0v) is 11.6. The van der Waals surface area contributed by atoms with E-state index in [1.165, 1.54) is 6.07 Å². The molecule has 0 bridgehead atoms. The van der Waals surface area contributed by atoms with Gasteiger partial charge in [0.25, 0.3) is 5.91 Å². The zero-order chi connectivity index (χ0) is 14.4. The minimum Gasteiger partial charge on any atom is -0.477 e. The van der Waals surface area contributed by atoms with Crippen molar-refractivity contribution in [1.82, 2.24) is 5.32 Å². The molecule has 0 aliphatic rings. The van der Waals surface area contributed by atoms with Gasteiger partial charge in [0.15, 0.2) is 17.7 Å². The Labute approximate surface area is 113 Å².